The van der Waals surface area contributed by atoms with Crippen LogP contribution in [0.2, 0.25) is 0 Å². The molecule has 1 amide bonds. The minimum Gasteiger partial charge on any atom is -0.463 e. The second kappa shape index (κ2) is 8.76. The van der Waals surface area contributed by atoms with Gasteiger partial charge in [-0.15, -0.1) is 0 Å². The summed E-state index contributed by atoms with van der Waals surface area (Å²) < 4.78 is 42.2. The standard InChI is InChI=1S/C21H21NO8S/c1-4-28-20(24)19-18(15-7-9-16(10-8-15)29-14(3)23)22(21(25)30-19)31(26,27)17-11-5-13(2)6-12-17/h5-12,18-19H,4H2,1-3H3/t18-,19-/m1/s1. The summed E-state index contributed by atoms with van der Waals surface area (Å²) in [7, 11) is -4.35. The zero-order valence-corrected chi connectivity index (χ0v) is 17.9. The summed E-state index contributed by atoms with van der Waals surface area (Å²) in [5, 5.41) is 0. The molecule has 2 aromatic rings. The first-order valence-electron chi connectivity index (χ1n) is 9.42. The number of cyclic esters (lactones) is 1. The number of sulfonamides is 1. The molecule has 2 atom stereocenters. The molecular formula is C21H21NO8S. The van der Waals surface area contributed by atoms with Gasteiger partial charge in [0.05, 0.1) is 11.5 Å². The van der Waals surface area contributed by atoms with Crippen molar-refractivity contribution in [3.63, 3.8) is 0 Å². The fourth-order valence-electron chi connectivity index (χ4n) is 3.14. The lowest BCUT2D eigenvalue weighted by molar-refractivity contribution is -0.152. The highest BCUT2D eigenvalue weighted by Crippen LogP contribution is 2.39. The highest BCUT2D eigenvalue weighted by atomic mass is 32.2. The lowest BCUT2D eigenvalue weighted by Gasteiger charge is -2.24. The van der Waals surface area contributed by atoms with Gasteiger partial charge in [-0.25, -0.2) is 18.0 Å². The number of amides is 1. The van der Waals surface area contributed by atoms with Gasteiger partial charge >= 0.3 is 18.0 Å². The molecule has 0 N–H and O–H groups in total. The molecule has 1 heterocycles. The minimum atomic E-state index is -4.35. The number of nitrogens with zero attached hydrogens (tertiary/aromatic N) is 1. The molecule has 1 aliphatic rings. The summed E-state index contributed by atoms with van der Waals surface area (Å²) in [6, 6.07) is 10.4. The van der Waals surface area contributed by atoms with Gasteiger partial charge in [0.1, 0.15) is 11.8 Å². The van der Waals surface area contributed by atoms with Crippen LogP contribution in [0, 0.1) is 6.92 Å². The molecule has 3 rings (SSSR count). The maximum absolute atomic E-state index is 13.3. The molecule has 10 heteroatoms. The van der Waals surface area contributed by atoms with E-state index in [9.17, 15) is 22.8 Å². The Morgan fingerprint density at radius 2 is 1.68 bits per heavy atom. The summed E-state index contributed by atoms with van der Waals surface area (Å²) in [6.07, 6.45) is -2.68. The Morgan fingerprint density at radius 3 is 2.23 bits per heavy atom. The topological polar surface area (TPSA) is 116 Å². The third-order valence-electron chi connectivity index (χ3n) is 4.53. The quantitative estimate of drug-likeness (QED) is 0.490. The molecule has 31 heavy (non-hydrogen) atoms. The smallest absolute Gasteiger partial charge is 0.425 e. The van der Waals surface area contributed by atoms with Crippen LogP contribution >= 0.6 is 0 Å². The first-order valence-corrected chi connectivity index (χ1v) is 10.9. The van der Waals surface area contributed by atoms with E-state index >= 15 is 0 Å². The summed E-state index contributed by atoms with van der Waals surface area (Å²) in [4.78, 5) is 36.1. The van der Waals surface area contributed by atoms with Crippen molar-refractivity contribution in [2.45, 2.75) is 37.8 Å². The maximum atomic E-state index is 13.3. The molecule has 0 bridgehead atoms. The van der Waals surface area contributed by atoms with Gasteiger partial charge in [0.2, 0.25) is 6.10 Å². The highest BCUT2D eigenvalue weighted by Gasteiger charge is 2.53. The van der Waals surface area contributed by atoms with E-state index in [0.717, 1.165) is 5.56 Å². The summed E-state index contributed by atoms with van der Waals surface area (Å²) in [6.45, 7) is 4.64. The zero-order valence-electron chi connectivity index (χ0n) is 17.1. The number of carbonyl (C=O) groups excluding carboxylic acids is 3. The highest BCUT2D eigenvalue weighted by molar-refractivity contribution is 7.89. The molecule has 2 aromatic carbocycles. The van der Waals surface area contributed by atoms with E-state index in [2.05, 4.69) is 0 Å². The summed E-state index contributed by atoms with van der Waals surface area (Å²) >= 11 is 0. The molecule has 1 fully saturated rings. The van der Waals surface area contributed by atoms with Crippen molar-refractivity contribution in [1.82, 2.24) is 4.31 Å². The van der Waals surface area contributed by atoms with Gasteiger partial charge in [-0.1, -0.05) is 29.8 Å². The Hall–Kier alpha value is -3.40. The number of carbonyl (C=O) groups is 3. The van der Waals surface area contributed by atoms with Crippen LogP contribution in [0.1, 0.15) is 31.0 Å². The number of hydrogen-bond acceptors (Lipinski definition) is 8. The van der Waals surface area contributed by atoms with Gasteiger partial charge in [-0.2, -0.15) is 4.31 Å². The largest absolute Gasteiger partial charge is 0.463 e. The van der Waals surface area contributed by atoms with E-state index in [1.54, 1.807) is 26.0 Å². The van der Waals surface area contributed by atoms with Crippen LogP contribution in [-0.4, -0.2) is 43.5 Å². The second-order valence-electron chi connectivity index (χ2n) is 6.78. The van der Waals surface area contributed by atoms with Crippen molar-refractivity contribution >= 4 is 28.1 Å². The van der Waals surface area contributed by atoms with Crippen LogP contribution < -0.4 is 4.74 Å². The Balaban J connectivity index is 2.07. The molecule has 0 aliphatic carbocycles. The van der Waals surface area contributed by atoms with Gasteiger partial charge in [0.25, 0.3) is 10.0 Å². The monoisotopic (exact) mass is 447 g/mol. The third-order valence-corrected chi connectivity index (χ3v) is 6.29. The molecule has 0 saturated carbocycles. The van der Waals surface area contributed by atoms with Gasteiger partial charge < -0.3 is 14.2 Å². The maximum Gasteiger partial charge on any atom is 0.425 e. The van der Waals surface area contributed by atoms with Gasteiger partial charge in [-0.3, -0.25) is 4.79 Å². The predicted molar refractivity (Wildman–Crippen MR) is 108 cm³/mol. The van der Waals surface area contributed by atoms with Crippen LogP contribution in [0.15, 0.2) is 53.4 Å². The first-order chi connectivity index (χ1) is 14.6. The van der Waals surface area contributed by atoms with E-state index < -0.39 is 40.2 Å². The van der Waals surface area contributed by atoms with Crippen molar-refractivity contribution < 1.29 is 37.0 Å². The van der Waals surface area contributed by atoms with Crippen molar-refractivity contribution in [2.24, 2.45) is 0 Å². The normalized spacial score (nSPS) is 18.4. The molecule has 0 radical (unpaired) electrons. The number of rotatable bonds is 6. The molecule has 1 saturated heterocycles. The predicted octanol–water partition coefficient (Wildman–Crippen LogP) is 2.73. The Labute approximate surface area is 179 Å². The lowest BCUT2D eigenvalue weighted by atomic mass is 10.0. The number of benzene rings is 2. The average Bonchev–Trinajstić information content (AvgIpc) is 3.07. The molecule has 0 unspecified atom stereocenters. The molecule has 9 nitrogen and oxygen atoms in total. The minimum absolute atomic E-state index is 0.0235. The fourth-order valence-corrected chi connectivity index (χ4v) is 4.62. The molecule has 0 aromatic heterocycles. The van der Waals surface area contributed by atoms with Gasteiger partial charge in [0, 0.05) is 6.92 Å². The molecule has 1 aliphatic heterocycles. The molecular weight excluding hydrogens is 426 g/mol. The fraction of sp³-hybridized carbons (Fsp3) is 0.286. The third kappa shape index (κ3) is 4.53. The Bertz CT molecular complexity index is 1090. The van der Waals surface area contributed by atoms with Crippen LogP contribution in [0.4, 0.5) is 4.79 Å². The van der Waals surface area contributed by atoms with Gasteiger partial charge in [-0.05, 0) is 43.7 Å². The first kappa shape index (κ1) is 22.3. The average molecular weight is 447 g/mol. The number of hydrogen-bond donors (Lipinski definition) is 0. The summed E-state index contributed by atoms with van der Waals surface area (Å²) in [5.41, 5.74) is 1.13. The van der Waals surface area contributed by atoms with Crippen molar-refractivity contribution in [2.75, 3.05) is 6.61 Å². The van der Waals surface area contributed by atoms with Crippen molar-refractivity contribution in [3.8, 4) is 5.75 Å². The second-order valence-corrected chi connectivity index (χ2v) is 8.59. The van der Waals surface area contributed by atoms with Crippen LogP contribution in [-0.2, 0) is 29.1 Å². The van der Waals surface area contributed by atoms with E-state index in [4.69, 9.17) is 14.2 Å². The number of ether oxygens (including phenoxy) is 3. The number of esters is 2. The van der Waals surface area contributed by atoms with E-state index in [1.807, 2.05) is 0 Å². The SMILES string of the molecule is CCOC(=O)[C@@H]1OC(=O)N(S(=O)(=O)c2ccc(C)cc2)[C@@H]1c1ccc(OC(C)=O)cc1. The molecule has 164 valence electrons. The number of aryl methyl sites for hydroxylation is 1. The Kier molecular flexibility index (Phi) is 6.30. The van der Waals surface area contributed by atoms with Crippen LogP contribution in [0.25, 0.3) is 0 Å². The Morgan fingerprint density at radius 1 is 1.06 bits per heavy atom. The van der Waals surface area contributed by atoms with Gasteiger partial charge in [0.15, 0.2) is 0 Å². The van der Waals surface area contributed by atoms with E-state index in [1.165, 1.54) is 43.3 Å². The van der Waals surface area contributed by atoms with E-state index in [-0.39, 0.29) is 22.8 Å². The molecule has 0 spiro atoms. The van der Waals surface area contributed by atoms with Crippen molar-refractivity contribution in [1.29, 1.82) is 0 Å². The van der Waals surface area contributed by atoms with Crippen LogP contribution in [0.3, 0.4) is 0 Å². The lowest BCUT2D eigenvalue weighted by Crippen LogP contribution is -2.37. The van der Waals surface area contributed by atoms with Crippen molar-refractivity contribution in [3.05, 3.63) is 59.7 Å². The van der Waals surface area contributed by atoms with Crippen LogP contribution in [0.5, 0.6) is 5.75 Å². The van der Waals surface area contributed by atoms with E-state index in [0.29, 0.717) is 4.31 Å². The zero-order chi connectivity index (χ0) is 22.8. The summed E-state index contributed by atoms with van der Waals surface area (Å²) in [5.74, 6) is -1.17.